The second-order valence-electron chi connectivity index (χ2n) is 6.24. The van der Waals surface area contributed by atoms with Crippen LogP contribution >= 0.6 is 0 Å². The molecule has 3 heteroatoms. The molecule has 0 aromatic heterocycles. The van der Waals surface area contributed by atoms with Gasteiger partial charge in [-0.3, -0.25) is 4.79 Å². The van der Waals surface area contributed by atoms with Crippen molar-refractivity contribution in [2.24, 2.45) is 11.8 Å². The Morgan fingerprint density at radius 3 is 2.60 bits per heavy atom. The van der Waals surface area contributed by atoms with E-state index in [9.17, 15) is 4.79 Å². The Labute approximate surface area is 122 Å². The molecule has 0 bridgehead atoms. The van der Waals surface area contributed by atoms with Gasteiger partial charge < -0.3 is 10.6 Å². The first-order chi connectivity index (χ1) is 9.51. The van der Waals surface area contributed by atoms with Crippen LogP contribution in [0.4, 0.5) is 5.69 Å². The molecule has 2 rings (SSSR count). The summed E-state index contributed by atoms with van der Waals surface area (Å²) in [4.78, 5) is 12.4. The molecule has 3 atom stereocenters. The predicted octanol–water partition coefficient (Wildman–Crippen LogP) is 3.59. The second-order valence-corrected chi connectivity index (χ2v) is 6.24. The van der Waals surface area contributed by atoms with E-state index in [1.54, 1.807) is 0 Å². The summed E-state index contributed by atoms with van der Waals surface area (Å²) in [5, 5.41) is 6.31. The third kappa shape index (κ3) is 3.33. The molecule has 0 spiro atoms. The molecule has 0 aliphatic heterocycles. The smallest absolute Gasteiger partial charge is 0.253 e. The molecule has 1 aromatic rings. The fraction of sp³-hybridized carbons (Fsp3) is 0.588. The number of rotatable bonds is 3. The Morgan fingerprint density at radius 1 is 1.20 bits per heavy atom. The number of benzene rings is 1. The SMILES string of the molecule is CNc1cc(C)ccc1C(=O)NC1CCC(C)C(C)C1. The van der Waals surface area contributed by atoms with E-state index in [0.29, 0.717) is 12.0 Å². The van der Waals surface area contributed by atoms with Crippen LogP contribution in [0.2, 0.25) is 0 Å². The topological polar surface area (TPSA) is 41.1 Å². The molecule has 0 heterocycles. The Kier molecular flexibility index (Phi) is 4.69. The summed E-state index contributed by atoms with van der Waals surface area (Å²) in [5.41, 5.74) is 2.80. The molecule has 1 aromatic carbocycles. The highest BCUT2D eigenvalue weighted by atomic mass is 16.1. The first kappa shape index (κ1) is 14.9. The lowest BCUT2D eigenvalue weighted by Crippen LogP contribution is -2.40. The van der Waals surface area contributed by atoms with Gasteiger partial charge in [0.25, 0.3) is 5.91 Å². The molecule has 1 saturated carbocycles. The third-order valence-electron chi connectivity index (χ3n) is 4.62. The van der Waals surface area contributed by atoms with E-state index < -0.39 is 0 Å². The van der Waals surface area contributed by atoms with Crippen molar-refractivity contribution in [3.63, 3.8) is 0 Å². The molecular weight excluding hydrogens is 248 g/mol. The highest BCUT2D eigenvalue weighted by molar-refractivity contribution is 5.99. The van der Waals surface area contributed by atoms with E-state index >= 15 is 0 Å². The molecule has 3 nitrogen and oxygen atoms in total. The van der Waals surface area contributed by atoms with Crippen molar-refractivity contribution in [2.45, 2.75) is 46.1 Å². The Bertz CT molecular complexity index is 484. The lowest BCUT2D eigenvalue weighted by molar-refractivity contribution is 0.0911. The summed E-state index contributed by atoms with van der Waals surface area (Å²) in [6, 6.07) is 6.23. The molecule has 1 aliphatic rings. The zero-order valence-electron chi connectivity index (χ0n) is 13.0. The van der Waals surface area contributed by atoms with Crippen LogP contribution in [0.15, 0.2) is 18.2 Å². The standard InChI is InChI=1S/C17H26N2O/c1-11-5-8-15(16(9-11)18-4)17(20)19-14-7-6-12(2)13(3)10-14/h5,8-9,12-14,18H,6-7,10H2,1-4H3,(H,19,20). The monoisotopic (exact) mass is 274 g/mol. The zero-order chi connectivity index (χ0) is 14.7. The molecular formula is C17H26N2O. The van der Waals surface area contributed by atoms with Crippen LogP contribution in [0.3, 0.4) is 0 Å². The summed E-state index contributed by atoms with van der Waals surface area (Å²) in [5.74, 6) is 1.51. The number of hydrogen-bond acceptors (Lipinski definition) is 2. The van der Waals surface area contributed by atoms with Crippen LogP contribution < -0.4 is 10.6 Å². The van der Waals surface area contributed by atoms with Gasteiger partial charge in [0.05, 0.1) is 5.56 Å². The molecule has 3 unspecified atom stereocenters. The minimum Gasteiger partial charge on any atom is -0.387 e. The number of carbonyl (C=O) groups is 1. The summed E-state index contributed by atoms with van der Waals surface area (Å²) >= 11 is 0. The highest BCUT2D eigenvalue weighted by Gasteiger charge is 2.26. The van der Waals surface area contributed by atoms with Crippen molar-refractivity contribution in [1.82, 2.24) is 5.32 Å². The Hall–Kier alpha value is -1.51. The second kappa shape index (κ2) is 6.29. The largest absolute Gasteiger partial charge is 0.387 e. The molecule has 1 amide bonds. The molecule has 0 radical (unpaired) electrons. The van der Waals surface area contributed by atoms with Crippen molar-refractivity contribution >= 4 is 11.6 Å². The van der Waals surface area contributed by atoms with Gasteiger partial charge >= 0.3 is 0 Å². The van der Waals surface area contributed by atoms with Gasteiger partial charge in [-0.2, -0.15) is 0 Å². The maximum absolute atomic E-state index is 12.4. The molecule has 20 heavy (non-hydrogen) atoms. The van der Waals surface area contributed by atoms with Gasteiger partial charge in [-0.05, 0) is 55.7 Å². The van der Waals surface area contributed by atoms with E-state index in [0.717, 1.165) is 35.6 Å². The number of hydrogen-bond donors (Lipinski definition) is 2. The first-order valence-corrected chi connectivity index (χ1v) is 7.60. The average molecular weight is 274 g/mol. The fourth-order valence-electron chi connectivity index (χ4n) is 3.00. The molecule has 1 fully saturated rings. The number of aryl methyl sites for hydroxylation is 1. The average Bonchev–Trinajstić information content (AvgIpc) is 2.42. The highest BCUT2D eigenvalue weighted by Crippen LogP contribution is 2.29. The molecule has 110 valence electrons. The van der Waals surface area contributed by atoms with Crippen molar-refractivity contribution in [2.75, 3.05) is 12.4 Å². The quantitative estimate of drug-likeness (QED) is 0.884. The van der Waals surface area contributed by atoms with Crippen molar-refractivity contribution in [3.8, 4) is 0 Å². The minimum absolute atomic E-state index is 0.0427. The molecule has 2 N–H and O–H groups in total. The zero-order valence-corrected chi connectivity index (χ0v) is 13.0. The van der Waals surface area contributed by atoms with Crippen LogP contribution in [0.1, 0.15) is 49.0 Å². The van der Waals surface area contributed by atoms with Crippen LogP contribution in [0.25, 0.3) is 0 Å². The summed E-state index contributed by atoms with van der Waals surface area (Å²) in [6.07, 6.45) is 3.39. The Balaban J connectivity index is 2.05. The van der Waals surface area contributed by atoms with Gasteiger partial charge in [0.1, 0.15) is 0 Å². The third-order valence-corrected chi connectivity index (χ3v) is 4.62. The summed E-state index contributed by atoms with van der Waals surface area (Å²) in [7, 11) is 1.86. The molecule has 0 saturated heterocycles. The van der Waals surface area contributed by atoms with Gasteiger partial charge in [-0.15, -0.1) is 0 Å². The number of anilines is 1. The van der Waals surface area contributed by atoms with Gasteiger partial charge in [0.2, 0.25) is 0 Å². The fourth-order valence-corrected chi connectivity index (χ4v) is 3.00. The van der Waals surface area contributed by atoms with E-state index in [2.05, 4.69) is 24.5 Å². The lowest BCUT2D eigenvalue weighted by atomic mass is 9.79. The van der Waals surface area contributed by atoms with Crippen molar-refractivity contribution in [3.05, 3.63) is 29.3 Å². The van der Waals surface area contributed by atoms with Crippen LogP contribution in [-0.2, 0) is 0 Å². The summed E-state index contributed by atoms with van der Waals surface area (Å²) < 4.78 is 0. The number of nitrogens with one attached hydrogen (secondary N) is 2. The molecule has 1 aliphatic carbocycles. The van der Waals surface area contributed by atoms with Gasteiger partial charge in [0, 0.05) is 18.8 Å². The maximum Gasteiger partial charge on any atom is 0.253 e. The van der Waals surface area contributed by atoms with E-state index in [1.165, 1.54) is 6.42 Å². The van der Waals surface area contributed by atoms with Gasteiger partial charge in [-0.1, -0.05) is 19.9 Å². The first-order valence-electron chi connectivity index (χ1n) is 7.60. The van der Waals surface area contributed by atoms with Crippen molar-refractivity contribution < 1.29 is 4.79 Å². The summed E-state index contributed by atoms with van der Waals surface area (Å²) in [6.45, 7) is 6.63. The maximum atomic E-state index is 12.4. The van der Waals surface area contributed by atoms with Crippen LogP contribution in [-0.4, -0.2) is 19.0 Å². The lowest BCUT2D eigenvalue weighted by Gasteiger charge is -2.32. The van der Waals surface area contributed by atoms with Crippen molar-refractivity contribution in [1.29, 1.82) is 0 Å². The van der Waals surface area contributed by atoms with Gasteiger partial charge in [-0.25, -0.2) is 0 Å². The normalized spacial score (nSPS) is 26.1. The van der Waals surface area contributed by atoms with Crippen LogP contribution in [0, 0.1) is 18.8 Å². The number of carbonyl (C=O) groups excluding carboxylic acids is 1. The predicted molar refractivity (Wildman–Crippen MR) is 84.2 cm³/mol. The van der Waals surface area contributed by atoms with E-state index in [-0.39, 0.29) is 5.91 Å². The van der Waals surface area contributed by atoms with E-state index in [1.807, 2.05) is 32.2 Å². The van der Waals surface area contributed by atoms with Crippen LogP contribution in [0.5, 0.6) is 0 Å². The Morgan fingerprint density at radius 2 is 1.95 bits per heavy atom. The number of amides is 1. The van der Waals surface area contributed by atoms with Gasteiger partial charge in [0.15, 0.2) is 0 Å². The minimum atomic E-state index is 0.0427. The van der Waals surface area contributed by atoms with E-state index in [4.69, 9.17) is 0 Å².